The maximum Gasteiger partial charge on any atom is 0.419 e. The molecule has 0 bridgehead atoms. The summed E-state index contributed by atoms with van der Waals surface area (Å²) in [6, 6.07) is 0.428. The van der Waals surface area contributed by atoms with Crippen LogP contribution in [0.15, 0.2) is 15.4 Å². The second-order valence-corrected chi connectivity index (χ2v) is 4.42. The van der Waals surface area contributed by atoms with E-state index in [1.165, 1.54) is 0 Å². The van der Waals surface area contributed by atoms with Crippen LogP contribution < -0.4 is 11.5 Å². The molecule has 0 amide bonds. The molecule has 5 nitrogen and oxygen atoms in total. The number of hydrogen-bond acceptors (Lipinski definition) is 4. The molecule has 1 aromatic heterocycles. The summed E-state index contributed by atoms with van der Waals surface area (Å²) in [5.41, 5.74) is 5.67. The lowest BCUT2D eigenvalue weighted by molar-refractivity contribution is 0.131. The molecule has 0 aromatic carbocycles. The number of hydrogen-bond donors (Lipinski definition) is 1. The first kappa shape index (κ1) is 10.4. The third-order valence-electron chi connectivity index (χ3n) is 2.63. The van der Waals surface area contributed by atoms with Gasteiger partial charge in [0.2, 0.25) is 0 Å². The zero-order valence-corrected chi connectivity index (χ0v) is 9.14. The molecule has 2 heterocycles. The van der Waals surface area contributed by atoms with Crippen molar-refractivity contribution in [1.82, 2.24) is 9.47 Å². The van der Waals surface area contributed by atoms with E-state index < -0.39 is 0 Å². The van der Waals surface area contributed by atoms with Crippen LogP contribution in [0.5, 0.6) is 0 Å². The molecule has 1 aliphatic heterocycles. The molecule has 5 heteroatoms. The predicted octanol–water partition coefficient (Wildman–Crippen LogP) is 0.165. The van der Waals surface area contributed by atoms with Crippen molar-refractivity contribution >= 4 is 0 Å². The van der Waals surface area contributed by atoms with Crippen LogP contribution in [0.25, 0.3) is 0 Å². The molecular formula is C10H17N3O2. The smallest absolute Gasteiger partial charge is 0.412 e. The Kier molecular flexibility index (Phi) is 2.67. The van der Waals surface area contributed by atoms with Gasteiger partial charge in [-0.1, -0.05) is 0 Å². The average Bonchev–Trinajstić information content (AvgIpc) is 2.44. The molecule has 2 N–H and O–H groups in total. The van der Waals surface area contributed by atoms with Crippen LogP contribution in [0, 0.1) is 0 Å². The van der Waals surface area contributed by atoms with E-state index in [2.05, 4.69) is 4.90 Å². The zero-order valence-electron chi connectivity index (χ0n) is 9.14. The molecule has 0 spiro atoms. The fourth-order valence-corrected chi connectivity index (χ4v) is 1.79. The van der Waals surface area contributed by atoms with E-state index in [0.29, 0.717) is 6.54 Å². The fraction of sp³-hybridized carbons (Fsp3) is 0.700. The number of aromatic nitrogens is 1. The Morgan fingerprint density at radius 2 is 2.27 bits per heavy atom. The zero-order chi connectivity index (χ0) is 11.0. The van der Waals surface area contributed by atoms with Crippen LogP contribution in [0.4, 0.5) is 0 Å². The molecular weight excluding hydrogens is 194 g/mol. The highest BCUT2D eigenvalue weighted by atomic mass is 16.4. The van der Waals surface area contributed by atoms with Gasteiger partial charge in [-0.2, -0.15) is 0 Å². The monoisotopic (exact) mass is 211 g/mol. The third-order valence-corrected chi connectivity index (χ3v) is 2.63. The molecule has 1 aliphatic rings. The first-order valence-electron chi connectivity index (χ1n) is 5.25. The number of likely N-dealkylation sites (tertiary alicyclic amines) is 1. The van der Waals surface area contributed by atoms with E-state index in [-0.39, 0.29) is 17.8 Å². The summed E-state index contributed by atoms with van der Waals surface area (Å²) in [5.74, 6) is 0.449. The molecule has 0 aliphatic carbocycles. The summed E-state index contributed by atoms with van der Waals surface area (Å²) in [4.78, 5) is 13.5. The molecule has 1 saturated heterocycles. The van der Waals surface area contributed by atoms with Crippen molar-refractivity contribution in [2.24, 2.45) is 5.73 Å². The highest BCUT2D eigenvalue weighted by Gasteiger charge is 2.24. The lowest BCUT2D eigenvalue weighted by Crippen LogP contribution is -2.54. The number of oxazole rings is 1. The lowest BCUT2D eigenvalue weighted by atomic mass is 10.1. The topological polar surface area (TPSA) is 64.4 Å². The van der Waals surface area contributed by atoms with Crippen LogP contribution in [0.3, 0.4) is 0 Å². The first-order chi connectivity index (χ1) is 7.06. The van der Waals surface area contributed by atoms with Gasteiger partial charge in [-0.15, -0.1) is 0 Å². The highest BCUT2D eigenvalue weighted by molar-refractivity contribution is 4.95. The highest BCUT2D eigenvalue weighted by Crippen LogP contribution is 2.12. The lowest BCUT2D eigenvalue weighted by Gasteiger charge is -2.35. The van der Waals surface area contributed by atoms with E-state index in [1.54, 1.807) is 10.8 Å². The van der Waals surface area contributed by atoms with Crippen molar-refractivity contribution in [2.75, 3.05) is 13.1 Å². The van der Waals surface area contributed by atoms with E-state index in [0.717, 1.165) is 18.8 Å². The van der Waals surface area contributed by atoms with E-state index in [1.807, 2.05) is 13.8 Å². The summed E-state index contributed by atoms with van der Waals surface area (Å²) in [5, 5.41) is 0. The second-order valence-electron chi connectivity index (χ2n) is 4.42. The first-order valence-corrected chi connectivity index (χ1v) is 5.25. The Hall–Kier alpha value is -1.07. The van der Waals surface area contributed by atoms with Gasteiger partial charge in [0.15, 0.2) is 0 Å². The Labute approximate surface area is 88.5 Å². The number of nitrogens with two attached hydrogens (primary N) is 1. The van der Waals surface area contributed by atoms with Gasteiger partial charge in [-0.25, -0.2) is 4.79 Å². The molecule has 0 atom stereocenters. The normalized spacial score (nSPS) is 18.4. The minimum absolute atomic E-state index is 0.147. The predicted molar refractivity (Wildman–Crippen MR) is 56.6 cm³/mol. The van der Waals surface area contributed by atoms with Crippen molar-refractivity contribution in [3.8, 4) is 0 Å². The van der Waals surface area contributed by atoms with Crippen LogP contribution in [0.2, 0.25) is 0 Å². The average molecular weight is 211 g/mol. The standard InChI is InChI=1S/C10H17N3O2/c1-7(2)13-6-9(15-10(13)14)5-12-3-8(11)4-12/h6-8H,3-5,11H2,1-2H3. The van der Waals surface area contributed by atoms with Crippen LogP contribution in [-0.2, 0) is 6.54 Å². The maximum absolute atomic E-state index is 11.4. The second kappa shape index (κ2) is 3.83. The molecule has 0 unspecified atom stereocenters. The van der Waals surface area contributed by atoms with Gasteiger partial charge >= 0.3 is 5.76 Å². The molecule has 0 radical (unpaired) electrons. The molecule has 15 heavy (non-hydrogen) atoms. The van der Waals surface area contributed by atoms with E-state index >= 15 is 0 Å². The van der Waals surface area contributed by atoms with Gasteiger partial charge in [0.05, 0.1) is 12.7 Å². The van der Waals surface area contributed by atoms with Crippen molar-refractivity contribution in [3.05, 3.63) is 22.5 Å². The summed E-state index contributed by atoms with van der Waals surface area (Å²) in [6.07, 6.45) is 1.79. The largest absolute Gasteiger partial charge is 0.419 e. The quantitative estimate of drug-likeness (QED) is 0.773. The molecule has 1 aromatic rings. The van der Waals surface area contributed by atoms with Crippen molar-refractivity contribution < 1.29 is 4.42 Å². The Bertz CT molecular complexity index is 388. The van der Waals surface area contributed by atoms with Gasteiger partial charge in [-0.3, -0.25) is 9.47 Å². The van der Waals surface area contributed by atoms with E-state index in [4.69, 9.17) is 10.2 Å². The van der Waals surface area contributed by atoms with Gasteiger partial charge in [-0.05, 0) is 13.8 Å². The SMILES string of the molecule is CC(C)n1cc(CN2CC(N)C2)oc1=O. The number of rotatable bonds is 3. The van der Waals surface area contributed by atoms with Crippen LogP contribution in [0.1, 0.15) is 25.6 Å². The van der Waals surface area contributed by atoms with Gasteiger partial charge in [0.1, 0.15) is 5.76 Å². The van der Waals surface area contributed by atoms with Crippen LogP contribution >= 0.6 is 0 Å². The van der Waals surface area contributed by atoms with Gasteiger partial charge < -0.3 is 10.2 Å². The summed E-state index contributed by atoms with van der Waals surface area (Å²) >= 11 is 0. The van der Waals surface area contributed by atoms with Gasteiger partial charge in [0, 0.05) is 25.2 Å². The Morgan fingerprint density at radius 1 is 1.60 bits per heavy atom. The van der Waals surface area contributed by atoms with E-state index in [9.17, 15) is 4.79 Å². The van der Waals surface area contributed by atoms with Gasteiger partial charge in [0.25, 0.3) is 0 Å². The minimum atomic E-state index is -0.273. The Balaban J connectivity index is 2.03. The molecule has 84 valence electrons. The minimum Gasteiger partial charge on any atom is -0.412 e. The van der Waals surface area contributed by atoms with Crippen molar-refractivity contribution in [1.29, 1.82) is 0 Å². The molecule has 2 rings (SSSR count). The molecule has 0 saturated carbocycles. The summed E-state index contributed by atoms with van der Waals surface area (Å²) < 4.78 is 6.75. The third kappa shape index (κ3) is 2.13. The summed E-state index contributed by atoms with van der Waals surface area (Å²) in [6.45, 7) is 6.37. The Morgan fingerprint density at radius 3 is 2.73 bits per heavy atom. The van der Waals surface area contributed by atoms with Crippen LogP contribution in [-0.4, -0.2) is 28.6 Å². The maximum atomic E-state index is 11.4. The van der Waals surface area contributed by atoms with Crippen molar-refractivity contribution in [2.45, 2.75) is 32.5 Å². The fourth-order valence-electron chi connectivity index (χ4n) is 1.79. The molecule has 1 fully saturated rings. The van der Waals surface area contributed by atoms with Crippen molar-refractivity contribution in [3.63, 3.8) is 0 Å². The number of nitrogens with zero attached hydrogens (tertiary/aromatic N) is 2. The summed E-state index contributed by atoms with van der Waals surface area (Å²) in [7, 11) is 0.